The van der Waals surface area contributed by atoms with Crippen LogP contribution in [0.1, 0.15) is 43.6 Å². The molecule has 0 aliphatic carbocycles. The second kappa shape index (κ2) is 10.5. The lowest BCUT2D eigenvalue weighted by molar-refractivity contribution is 0.0955. The van der Waals surface area contributed by atoms with Crippen LogP contribution in [0.5, 0.6) is 0 Å². The Morgan fingerprint density at radius 2 is 2.08 bits per heavy atom. The Kier molecular flexibility index (Phi) is 8.29. The highest BCUT2D eigenvalue weighted by Gasteiger charge is 2.24. The Morgan fingerprint density at radius 3 is 2.77 bits per heavy atom. The zero-order valence-electron chi connectivity index (χ0n) is 16.4. The summed E-state index contributed by atoms with van der Waals surface area (Å²) >= 11 is 2.07. The van der Waals surface area contributed by atoms with Crippen LogP contribution in [0.3, 0.4) is 0 Å². The van der Waals surface area contributed by atoms with Gasteiger partial charge in [-0.3, -0.25) is 4.79 Å². The third-order valence-electron chi connectivity index (χ3n) is 4.41. The van der Waals surface area contributed by atoms with Crippen LogP contribution in [-0.2, 0) is 6.54 Å². The zero-order valence-corrected chi connectivity index (χ0v) is 17.2. The third-order valence-corrected chi connectivity index (χ3v) is 5.95. The molecule has 1 fully saturated rings. The molecule has 2 rings (SSSR count). The van der Waals surface area contributed by atoms with Gasteiger partial charge >= 0.3 is 0 Å². The summed E-state index contributed by atoms with van der Waals surface area (Å²) in [6.07, 6.45) is 0. The first-order valence-electron chi connectivity index (χ1n) is 9.57. The molecule has 5 nitrogen and oxygen atoms in total. The van der Waals surface area contributed by atoms with Gasteiger partial charge in [0, 0.05) is 42.7 Å². The van der Waals surface area contributed by atoms with Crippen molar-refractivity contribution in [2.24, 2.45) is 10.9 Å². The Morgan fingerprint density at radius 1 is 1.31 bits per heavy atom. The average molecular weight is 377 g/mol. The van der Waals surface area contributed by atoms with Gasteiger partial charge in [0.15, 0.2) is 5.96 Å². The molecule has 0 saturated carbocycles. The van der Waals surface area contributed by atoms with Crippen LogP contribution in [-0.4, -0.2) is 53.9 Å². The molecule has 26 heavy (non-hydrogen) atoms. The van der Waals surface area contributed by atoms with E-state index in [1.807, 2.05) is 31.2 Å². The Balaban J connectivity index is 2.09. The Hall–Kier alpha value is -1.69. The number of benzene rings is 1. The molecule has 1 unspecified atom stereocenters. The van der Waals surface area contributed by atoms with Crippen molar-refractivity contribution in [3.8, 4) is 0 Å². The molecular weight excluding hydrogens is 344 g/mol. The number of carbonyl (C=O) groups excluding carboxylic acids is 1. The fourth-order valence-corrected chi connectivity index (χ4v) is 4.24. The maximum atomic E-state index is 12.0. The second-order valence-corrected chi connectivity index (χ2v) is 8.18. The van der Waals surface area contributed by atoms with Gasteiger partial charge < -0.3 is 15.5 Å². The molecular formula is C20H32N4OS. The molecule has 1 aromatic carbocycles. The van der Waals surface area contributed by atoms with E-state index in [1.165, 1.54) is 0 Å². The smallest absolute Gasteiger partial charge is 0.251 e. The van der Waals surface area contributed by atoms with E-state index in [0.717, 1.165) is 36.9 Å². The summed E-state index contributed by atoms with van der Waals surface area (Å²) in [5.74, 6) is 2.75. The van der Waals surface area contributed by atoms with Crippen molar-refractivity contribution < 1.29 is 4.79 Å². The van der Waals surface area contributed by atoms with Gasteiger partial charge in [0.25, 0.3) is 5.91 Å². The maximum absolute atomic E-state index is 12.0. The Bertz CT molecular complexity index is 618. The highest BCUT2D eigenvalue weighted by Crippen LogP contribution is 2.25. The lowest BCUT2D eigenvalue weighted by Gasteiger charge is -2.36. The largest absolute Gasteiger partial charge is 0.357 e. The molecule has 2 N–H and O–H groups in total. The van der Waals surface area contributed by atoms with E-state index in [-0.39, 0.29) is 5.91 Å². The van der Waals surface area contributed by atoms with Gasteiger partial charge in [-0.1, -0.05) is 26.0 Å². The van der Waals surface area contributed by atoms with Crippen LogP contribution >= 0.6 is 11.8 Å². The molecule has 0 aromatic heterocycles. The normalized spacial score (nSPS) is 18.1. The van der Waals surface area contributed by atoms with Crippen molar-refractivity contribution in [3.05, 3.63) is 35.4 Å². The first-order chi connectivity index (χ1) is 12.5. The molecule has 1 aromatic rings. The number of hydrogen-bond acceptors (Lipinski definition) is 3. The lowest BCUT2D eigenvalue weighted by Crippen LogP contribution is -2.49. The van der Waals surface area contributed by atoms with Crippen molar-refractivity contribution in [1.82, 2.24) is 15.5 Å². The monoisotopic (exact) mass is 376 g/mol. The topological polar surface area (TPSA) is 56.7 Å². The minimum Gasteiger partial charge on any atom is -0.357 e. The molecule has 0 radical (unpaired) electrons. The number of nitrogens with one attached hydrogen (secondary N) is 2. The van der Waals surface area contributed by atoms with E-state index in [1.54, 1.807) is 0 Å². The van der Waals surface area contributed by atoms with Crippen molar-refractivity contribution in [1.29, 1.82) is 0 Å². The first kappa shape index (κ1) is 20.6. The predicted octanol–water partition coefficient (Wildman–Crippen LogP) is 2.98. The standard InChI is InChI=1S/C20H32N4OS/c1-5-21-19(25)17-9-7-8-16(12-17)13-23-20(22-6-2)24-10-11-26-18(14-24)15(3)4/h7-9,12,15,18H,5-6,10-11,13-14H2,1-4H3,(H,21,25)(H,22,23). The molecule has 1 aliphatic heterocycles. The van der Waals surface area contributed by atoms with Gasteiger partial charge in [-0.2, -0.15) is 11.8 Å². The van der Waals surface area contributed by atoms with Crippen molar-refractivity contribution in [3.63, 3.8) is 0 Å². The van der Waals surface area contributed by atoms with Crippen LogP contribution < -0.4 is 10.6 Å². The van der Waals surface area contributed by atoms with Crippen molar-refractivity contribution >= 4 is 23.6 Å². The number of hydrogen-bond donors (Lipinski definition) is 2. The number of thioether (sulfide) groups is 1. The molecule has 1 aliphatic rings. The summed E-state index contributed by atoms with van der Waals surface area (Å²) in [6, 6.07) is 7.73. The number of rotatable bonds is 6. The molecule has 1 amide bonds. The van der Waals surface area contributed by atoms with Crippen LogP contribution in [0.2, 0.25) is 0 Å². The Labute approximate surface area is 162 Å². The zero-order chi connectivity index (χ0) is 18.9. The summed E-state index contributed by atoms with van der Waals surface area (Å²) in [5, 5.41) is 6.92. The van der Waals surface area contributed by atoms with Crippen molar-refractivity contribution in [2.75, 3.05) is 31.9 Å². The lowest BCUT2D eigenvalue weighted by atomic mass is 10.1. The minimum atomic E-state index is -0.0296. The molecule has 1 saturated heterocycles. The van der Waals surface area contributed by atoms with Gasteiger partial charge in [-0.05, 0) is 37.5 Å². The van der Waals surface area contributed by atoms with Crippen LogP contribution in [0, 0.1) is 5.92 Å². The van der Waals surface area contributed by atoms with Gasteiger partial charge in [-0.15, -0.1) is 0 Å². The van der Waals surface area contributed by atoms with Crippen molar-refractivity contribution in [2.45, 2.75) is 39.5 Å². The summed E-state index contributed by atoms with van der Waals surface area (Å²) in [5.41, 5.74) is 1.75. The number of aliphatic imine (C=N–C) groups is 1. The fraction of sp³-hybridized carbons (Fsp3) is 0.600. The van der Waals surface area contributed by atoms with Gasteiger partial charge in [-0.25, -0.2) is 4.99 Å². The third kappa shape index (κ3) is 5.94. The van der Waals surface area contributed by atoms with Gasteiger partial charge in [0.2, 0.25) is 0 Å². The first-order valence-corrected chi connectivity index (χ1v) is 10.6. The van der Waals surface area contributed by atoms with Crippen LogP contribution in [0.15, 0.2) is 29.3 Å². The predicted molar refractivity (Wildman–Crippen MR) is 112 cm³/mol. The quantitative estimate of drug-likeness (QED) is 0.592. The van der Waals surface area contributed by atoms with E-state index in [2.05, 4.69) is 48.1 Å². The molecule has 144 valence electrons. The summed E-state index contributed by atoms with van der Waals surface area (Å²) in [6.45, 7) is 12.7. The van der Waals surface area contributed by atoms with Gasteiger partial charge in [0.05, 0.1) is 6.54 Å². The SMILES string of the molecule is CCNC(=O)c1cccc(CN=C(NCC)N2CCSC(C(C)C)C2)c1. The average Bonchev–Trinajstić information content (AvgIpc) is 2.65. The van der Waals surface area contributed by atoms with Gasteiger partial charge in [0.1, 0.15) is 0 Å². The van der Waals surface area contributed by atoms with Crippen LogP contribution in [0.4, 0.5) is 0 Å². The number of carbonyl (C=O) groups is 1. The highest BCUT2D eigenvalue weighted by molar-refractivity contribution is 8.00. The van der Waals surface area contributed by atoms with E-state index in [4.69, 9.17) is 4.99 Å². The molecule has 6 heteroatoms. The number of nitrogens with zero attached hydrogens (tertiary/aromatic N) is 2. The maximum Gasteiger partial charge on any atom is 0.251 e. The number of amides is 1. The van der Waals surface area contributed by atoms with E-state index >= 15 is 0 Å². The summed E-state index contributed by atoms with van der Waals surface area (Å²) in [7, 11) is 0. The molecule has 0 bridgehead atoms. The highest BCUT2D eigenvalue weighted by atomic mass is 32.2. The van der Waals surface area contributed by atoms with E-state index in [0.29, 0.717) is 29.8 Å². The number of guanidine groups is 1. The van der Waals surface area contributed by atoms with E-state index in [9.17, 15) is 4.79 Å². The second-order valence-electron chi connectivity index (χ2n) is 6.83. The molecule has 1 heterocycles. The summed E-state index contributed by atoms with van der Waals surface area (Å²) in [4.78, 5) is 19.2. The molecule has 1 atom stereocenters. The molecule has 0 spiro atoms. The fourth-order valence-electron chi connectivity index (χ4n) is 2.94. The van der Waals surface area contributed by atoms with Crippen LogP contribution in [0.25, 0.3) is 0 Å². The minimum absolute atomic E-state index is 0.0296. The van der Waals surface area contributed by atoms with E-state index < -0.39 is 0 Å². The summed E-state index contributed by atoms with van der Waals surface area (Å²) < 4.78 is 0.